The Bertz CT molecular complexity index is 383. The molecule has 1 aromatic heterocycles. The van der Waals surface area contributed by atoms with Crippen LogP contribution in [0.15, 0.2) is 24.4 Å². The fourth-order valence-corrected chi connectivity index (χ4v) is 2.20. The van der Waals surface area contributed by atoms with Crippen molar-refractivity contribution in [3.63, 3.8) is 0 Å². The molecule has 0 saturated carbocycles. The highest BCUT2D eigenvalue weighted by Gasteiger charge is 2.34. The number of aromatic nitrogens is 1. The van der Waals surface area contributed by atoms with E-state index in [9.17, 15) is 9.90 Å². The first-order valence-corrected chi connectivity index (χ1v) is 5.64. The highest BCUT2D eigenvalue weighted by atomic mass is 16.5. The predicted molar refractivity (Wildman–Crippen MR) is 63.0 cm³/mol. The van der Waals surface area contributed by atoms with Crippen LogP contribution in [-0.2, 0) is 9.53 Å². The first-order chi connectivity index (χ1) is 8.22. The van der Waals surface area contributed by atoms with Crippen LogP contribution in [0.4, 0.5) is 5.82 Å². The Balaban J connectivity index is 2.11. The molecular weight excluding hydrogens is 220 g/mol. The quantitative estimate of drug-likeness (QED) is 0.848. The molecule has 0 bridgehead atoms. The summed E-state index contributed by atoms with van der Waals surface area (Å²) in [5.74, 6) is -0.471. The second-order valence-corrected chi connectivity index (χ2v) is 4.14. The smallest absolute Gasteiger partial charge is 0.310 e. The number of methoxy groups -OCH3 is 1. The van der Waals surface area contributed by atoms with E-state index in [-0.39, 0.29) is 6.10 Å². The zero-order valence-corrected chi connectivity index (χ0v) is 9.74. The Morgan fingerprint density at radius 3 is 3.00 bits per heavy atom. The number of carbonyl (C=O) groups is 1. The standard InChI is InChI=1S/C12H16N2O3/c1-17-10-5-7-14(8-9(10)12(15)16)11-4-2-3-6-13-11/h2-4,6,9-10H,5,7-8H2,1H3,(H,15,16). The monoisotopic (exact) mass is 236 g/mol. The zero-order chi connectivity index (χ0) is 12.3. The Morgan fingerprint density at radius 2 is 2.41 bits per heavy atom. The van der Waals surface area contributed by atoms with Crippen molar-refractivity contribution in [2.45, 2.75) is 12.5 Å². The molecule has 1 aliphatic heterocycles. The molecule has 92 valence electrons. The number of pyridine rings is 1. The van der Waals surface area contributed by atoms with Gasteiger partial charge in [0, 0.05) is 26.4 Å². The molecular formula is C12H16N2O3. The molecule has 5 heteroatoms. The van der Waals surface area contributed by atoms with Crippen molar-refractivity contribution in [3.05, 3.63) is 24.4 Å². The maximum absolute atomic E-state index is 11.2. The second kappa shape index (κ2) is 5.14. The number of nitrogens with zero attached hydrogens (tertiary/aromatic N) is 2. The summed E-state index contributed by atoms with van der Waals surface area (Å²) in [7, 11) is 1.57. The van der Waals surface area contributed by atoms with Crippen LogP contribution in [0.5, 0.6) is 0 Å². The summed E-state index contributed by atoms with van der Waals surface area (Å²) in [6.07, 6.45) is 2.23. The van der Waals surface area contributed by atoms with Crippen molar-refractivity contribution in [1.29, 1.82) is 0 Å². The lowest BCUT2D eigenvalue weighted by molar-refractivity contribution is -0.147. The molecule has 0 radical (unpaired) electrons. The maximum atomic E-state index is 11.2. The van der Waals surface area contributed by atoms with Gasteiger partial charge in [0.25, 0.3) is 0 Å². The van der Waals surface area contributed by atoms with Gasteiger partial charge in [-0.05, 0) is 18.6 Å². The van der Waals surface area contributed by atoms with Gasteiger partial charge < -0.3 is 14.7 Å². The molecule has 1 N–H and O–H groups in total. The number of hydrogen-bond acceptors (Lipinski definition) is 4. The minimum atomic E-state index is -0.808. The average molecular weight is 236 g/mol. The highest BCUT2D eigenvalue weighted by Crippen LogP contribution is 2.23. The van der Waals surface area contributed by atoms with Crippen LogP contribution in [0.3, 0.4) is 0 Å². The van der Waals surface area contributed by atoms with Crippen molar-refractivity contribution < 1.29 is 14.6 Å². The Hall–Kier alpha value is -1.62. The van der Waals surface area contributed by atoms with E-state index >= 15 is 0 Å². The molecule has 2 atom stereocenters. The van der Waals surface area contributed by atoms with Crippen LogP contribution >= 0.6 is 0 Å². The van der Waals surface area contributed by atoms with Gasteiger partial charge in [-0.3, -0.25) is 4.79 Å². The molecule has 0 amide bonds. The van der Waals surface area contributed by atoms with E-state index in [1.165, 1.54) is 0 Å². The third kappa shape index (κ3) is 2.55. The first kappa shape index (κ1) is 11.9. The summed E-state index contributed by atoms with van der Waals surface area (Å²) in [5.41, 5.74) is 0. The van der Waals surface area contributed by atoms with Gasteiger partial charge in [-0.25, -0.2) is 4.98 Å². The predicted octanol–water partition coefficient (Wildman–Crippen LogP) is 1.01. The fourth-order valence-electron chi connectivity index (χ4n) is 2.20. The third-order valence-corrected chi connectivity index (χ3v) is 3.14. The van der Waals surface area contributed by atoms with Gasteiger partial charge in [0.15, 0.2) is 0 Å². The lowest BCUT2D eigenvalue weighted by atomic mass is 9.94. The fraction of sp³-hybridized carbons (Fsp3) is 0.500. The van der Waals surface area contributed by atoms with E-state index in [2.05, 4.69) is 4.98 Å². The highest BCUT2D eigenvalue weighted by molar-refractivity contribution is 5.72. The molecule has 1 aromatic rings. The molecule has 5 nitrogen and oxygen atoms in total. The Morgan fingerprint density at radius 1 is 1.59 bits per heavy atom. The van der Waals surface area contributed by atoms with Gasteiger partial charge in [-0.1, -0.05) is 6.07 Å². The van der Waals surface area contributed by atoms with Crippen molar-refractivity contribution in [3.8, 4) is 0 Å². The van der Waals surface area contributed by atoms with Gasteiger partial charge in [0.05, 0.1) is 6.10 Å². The van der Waals surface area contributed by atoms with E-state index in [0.717, 1.165) is 12.4 Å². The van der Waals surface area contributed by atoms with Gasteiger partial charge in [0.2, 0.25) is 0 Å². The molecule has 0 spiro atoms. The van der Waals surface area contributed by atoms with Crippen molar-refractivity contribution >= 4 is 11.8 Å². The van der Waals surface area contributed by atoms with Gasteiger partial charge in [0.1, 0.15) is 11.7 Å². The summed E-state index contributed by atoms with van der Waals surface area (Å²) in [5, 5.41) is 9.18. The summed E-state index contributed by atoms with van der Waals surface area (Å²) < 4.78 is 5.22. The van der Waals surface area contributed by atoms with Crippen LogP contribution in [0.25, 0.3) is 0 Å². The molecule has 17 heavy (non-hydrogen) atoms. The van der Waals surface area contributed by atoms with Crippen molar-refractivity contribution in [1.82, 2.24) is 4.98 Å². The number of rotatable bonds is 3. The van der Waals surface area contributed by atoms with E-state index < -0.39 is 11.9 Å². The summed E-state index contributed by atoms with van der Waals surface area (Å²) >= 11 is 0. The summed E-state index contributed by atoms with van der Waals surface area (Å²) in [6, 6.07) is 5.65. The molecule has 1 aliphatic rings. The minimum Gasteiger partial charge on any atom is -0.481 e. The number of carboxylic acids is 1. The van der Waals surface area contributed by atoms with E-state index in [4.69, 9.17) is 4.74 Å². The topological polar surface area (TPSA) is 62.7 Å². The first-order valence-electron chi connectivity index (χ1n) is 5.64. The van der Waals surface area contributed by atoms with Crippen LogP contribution in [0.2, 0.25) is 0 Å². The number of ether oxygens (including phenoxy) is 1. The minimum absolute atomic E-state index is 0.201. The second-order valence-electron chi connectivity index (χ2n) is 4.14. The SMILES string of the molecule is COC1CCN(c2ccccn2)CC1C(=O)O. The van der Waals surface area contributed by atoms with Crippen LogP contribution in [-0.4, -0.2) is 42.4 Å². The largest absolute Gasteiger partial charge is 0.481 e. The van der Waals surface area contributed by atoms with Crippen molar-refractivity contribution in [2.24, 2.45) is 5.92 Å². The number of aliphatic carboxylic acids is 1. The summed E-state index contributed by atoms with van der Waals surface area (Å²) in [6.45, 7) is 1.23. The number of piperidine rings is 1. The molecule has 2 rings (SSSR count). The van der Waals surface area contributed by atoms with E-state index in [1.807, 2.05) is 23.1 Å². The molecule has 2 heterocycles. The maximum Gasteiger partial charge on any atom is 0.310 e. The lowest BCUT2D eigenvalue weighted by Gasteiger charge is -2.36. The Kier molecular flexibility index (Phi) is 3.58. The molecule has 1 saturated heterocycles. The van der Waals surface area contributed by atoms with Crippen molar-refractivity contribution in [2.75, 3.05) is 25.1 Å². The number of hydrogen-bond donors (Lipinski definition) is 1. The average Bonchev–Trinajstić information content (AvgIpc) is 2.39. The third-order valence-electron chi connectivity index (χ3n) is 3.14. The summed E-state index contributed by atoms with van der Waals surface area (Å²) in [4.78, 5) is 17.4. The number of anilines is 1. The van der Waals surface area contributed by atoms with E-state index in [0.29, 0.717) is 13.0 Å². The van der Waals surface area contributed by atoms with Gasteiger partial charge in [-0.15, -0.1) is 0 Å². The van der Waals surface area contributed by atoms with Crippen LogP contribution < -0.4 is 4.90 Å². The zero-order valence-electron chi connectivity index (χ0n) is 9.74. The molecule has 2 unspecified atom stereocenters. The molecule has 0 aromatic carbocycles. The lowest BCUT2D eigenvalue weighted by Crippen LogP contribution is -2.47. The number of carboxylic acid groups (broad SMARTS) is 1. The van der Waals surface area contributed by atoms with Gasteiger partial charge >= 0.3 is 5.97 Å². The normalized spacial score (nSPS) is 24.6. The molecule has 1 fully saturated rings. The van der Waals surface area contributed by atoms with E-state index in [1.54, 1.807) is 13.3 Å². The Labute approximate surface area is 100 Å². The van der Waals surface area contributed by atoms with Crippen LogP contribution in [0, 0.1) is 5.92 Å². The molecule has 0 aliphatic carbocycles. The van der Waals surface area contributed by atoms with Crippen LogP contribution in [0.1, 0.15) is 6.42 Å². The van der Waals surface area contributed by atoms with Gasteiger partial charge in [-0.2, -0.15) is 0 Å².